The summed E-state index contributed by atoms with van der Waals surface area (Å²) < 4.78 is 31.2. The van der Waals surface area contributed by atoms with Gasteiger partial charge in [-0.1, -0.05) is 57.5 Å². The molecule has 61 heavy (non-hydrogen) atoms. The second kappa shape index (κ2) is 20.5. The first-order valence-electron chi connectivity index (χ1n) is 20.1. The molecule has 0 spiro atoms. The molecule has 3 aromatic rings. The monoisotopic (exact) mass is 868 g/mol. The van der Waals surface area contributed by atoms with Crippen molar-refractivity contribution < 1.29 is 47.8 Å². The summed E-state index contributed by atoms with van der Waals surface area (Å²) in [7, 11) is 0. The molecule has 2 fully saturated rings. The Bertz CT molecular complexity index is 2080. The number of carbonyl (C=O) groups is 6. The van der Waals surface area contributed by atoms with Gasteiger partial charge in [-0.05, 0) is 48.4 Å². The van der Waals surface area contributed by atoms with Crippen molar-refractivity contribution in [2.45, 2.75) is 88.8 Å². The summed E-state index contributed by atoms with van der Waals surface area (Å²) in [6.45, 7) is 4.83. The second-order valence-electron chi connectivity index (χ2n) is 16.4. The molecule has 2 aliphatic rings. The van der Waals surface area contributed by atoms with E-state index in [4.69, 9.17) is 21.6 Å². The van der Waals surface area contributed by atoms with Gasteiger partial charge in [0.25, 0.3) is 0 Å². The molecule has 1 aromatic heterocycles. The van der Waals surface area contributed by atoms with Crippen LogP contribution in [0, 0.1) is 23.0 Å². The molecule has 8 N–H and O–H groups in total. The minimum atomic E-state index is -1.21. The number of rotatable bonds is 19. The zero-order valence-corrected chi connectivity index (χ0v) is 35.2. The van der Waals surface area contributed by atoms with E-state index >= 15 is 4.39 Å². The summed E-state index contributed by atoms with van der Waals surface area (Å²) in [6.07, 6.45) is 3.06. The predicted molar refractivity (Wildman–Crippen MR) is 222 cm³/mol. The standard InChI is InChI=1S/C42H54F2N8O8S/c1-42(2,3)36(37-48-32(27-18-25(43)12-13-28(27)44)21-50(37)20-24-8-5-4-6-9-24)51(35(55)22-53)16-14-29(45)39(57)49-31-11-7-10-26(31)38(56)47-15-17-52-34(54)19-33(40(52)58)61-23-30(46)41(59)60/h4-6,8-9,12-13,18,21,26,29-31,33,36,53H,7,10-11,14-17,19-20,22-23,45-46H2,1-3H3,(H,47,56)(H,49,57)(H,59,60)/t26-,29+,30+,31+,33?,36+/m1/s1. The molecule has 1 unspecified atom stereocenters. The third-order valence-electron chi connectivity index (χ3n) is 10.9. The predicted octanol–water partition coefficient (Wildman–Crippen LogP) is 2.18. The molecule has 19 heteroatoms. The minimum Gasteiger partial charge on any atom is -0.480 e. The number of aliphatic hydroxyl groups is 1. The number of nitrogens with one attached hydrogen (secondary N) is 2. The highest BCUT2D eigenvalue weighted by molar-refractivity contribution is 8.00. The van der Waals surface area contributed by atoms with Crippen molar-refractivity contribution in [2.24, 2.45) is 22.8 Å². The van der Waals surface area contributed by atoms with Crippen molar-refractivity contribution >= 4 is 47.3 Å². The average Bonchev–Trinajstić information content (AvgIpc) is 3.92. The fourth-order valence-electron chi connectivity index (χ4n) is 7.74. The maximum Gasteiger partial charge on any atom is 0.321 e. The number of aliphatic carboxylic acids is 1. The van der Waals surface area contributed by atoms with Crippen LogP contribution in [0.3, 0.4) is 0 Å². The van der Waals surface area contributed by atoms with Gasteiger partial charge in [-0.3, -0.25) is 33.7 Å². The fraction of sp³-hybridized carbons (Fsp3) is 0.500. The number of halogens is 2. The van der Waals surface area contributed by atoms with E-state index in [1.54, 1.807) is 10.8 Å². The lowest BCUT2D eigenvalue weighted by atomic mass is 9.84. The third kappa shape index (κ3) is 11.8. The Balaban J connectivity index is 1.24. The van der Waals surface area contributed by atoms with E-state index < -0.39 is 88.6 Å². The summed E-state index contributed by atoms with van der Waals surface area (Å²) >= 11 is 1.00. The first kappa shape index (κ1) is 46.8. The van der Waals surface area contributed by atoms with Gasteiger partial charge in [-0.25, -0.2) is 13.8 Å². The molecular formula is C42H54F2N8O8S. The van der Waals surface area contributed by atoms with Crippen LogP contribution in [-0.4, -0.2) is 120 Å². The van der Waals surface area contributed by atoms with Crippen LogP contribution in [0.2, 0.25) is 0 Å². The number of hydrogen-bond acceptors (Lipinski definition) is 11. The number of aromatic nitrogens is 2. The first-order chi connectivity index (χ1) is 28.9. The van der Waals surface area contributed by atoms with E-state index in [-0.39, 0.29) is 61.9 Å². The zero-order valence-electron chi connectivity index (χ0n) is 34.4. The minimum absolute atomic E-state index is 0.0229. The van der Waals surface area contributed by atoms with E-state index in [0.29, 0.717) is 25.1 Å². The molecule has 0 bridgehead atoms. The van der Waals surface area contributed by atoms with Crippen LogP contribution in [0.15, 0.2) is 54.7 Å². The van der Waals surface area contributed by atoms with Crippen molar-refractivity contribution in [3.8, 4) is 11.3 Å². The number of benzene rings is 2. The van der Waals surface area contributed by atoms with Crippen molar-refractivity contribution in [1.29, 1.82) is 0 Å². The highest BCUT2D eigenvalue weighted by Gasteiger charge is 2.41. The maximum absolute atomic E-state index is 15.1. The summed E-state index contributed by atoms with van der Waals surface area (Å²) in [5.74, 6) is -5.36. The summed E-state index contributed by atoms with van der Waals surface area (Å²) in [4.78, 5) is 83.9. The van der Waals surface area contributed by atoms with E-state index in [0.717, 1.165) is 40.4 Å². The van der Waals surface area contributed by atoms with Gasteiger partial charge in [-0.15, -0.1) is 11.8 Å². The zero-order chi connectivity index (χ0) is 44.6. The molecule has 2 heterocycles. The lowest BCUT2D eigenvalue weighted by Gasteiger charge is -2.40. The molecule has 2 aromatic carbocycles. The molecule has 6 atom stereocenters. The molecule has 330 valence electrons. The Morgan fingerprint density at radius 3 is 2.44 bits per heavy atom. The van der Waals surface area contributed by atoms with Gasteiger partial charge < -0.3 is 41.8 Å². The van der Waals surface area contributed by atoms with Crippen molar-refractivity contribution in [2.75, 3.05) is 32.0 Å². The molecule has 1 aliphatic heterocycles. The summed E-state index contributed by atoms with van der Waals surface area (Å²) in [5, 5.41) is 24.1. The van der Waals surface area contributed by atoms with Crippen LogP contribution in [-0.2, 0) is 35.3 Å². The number of amides is 5. The second-order valence-corrected chi connectivity index (χ2v) is 17.7. The number of likely N-dealkylation sites (tertiary alicyclic amines) is 1. The van der Waals surface area contributed by atoms with Gasteiger partial charge in [0.1, 0.15) is 30.1 Å². The smallest absolute Gasteiger partial charge is 0.321 e. The molecule has 1 saturated heterocycles. The maximum atomic E-state index is 15.1. The normalized spacial score (nSPS) is 19.4. The largest absolute Gasteiger partial charge is 0.480 e. The van der Waals surface area contributed by atoms with Gasteiger partial charge in [-0.2, -0.15) is 0 Å². The number of nitrogens with zero attached hydrogens (tertiary/aromatic N) is 4. The van der Waals surface area contributed by atoms with Gasteiger partial charge in [0.2, 0.25) is 29.5 Å². The molecule has 5 rings (SSSR count). The Morgan fingerprint density at radius 1 is 1.05 bits per heavy atom. The SMILES string of the molecule is CC(C)(C)[C@H](c1nc(-c2cc(F)ccc2F)cn1Cc1ccccc1)N(CC[C@H](N)C(=O)N[C@H]1CCC[C@H]1C(=O)NCCN1C(=O)CC(SC[C@H](N)C(=O)O)C1=O)C(=O)CO. The Morgan fingerprint density at radius 2 is 1.77 bits per heavy atom. The van der Waals surface area contributed by atoms with Gasteiger partial charge >= 0.3 is 5.97 Å². The van der Waals surface area contributed by atoms with Crippen molar-refractivity contribution in [3.05, 3.63) is 77.8 Å². The van der Waals surface area contributed by atoms with Crippen LogP contribution in [0.4, 0.5) is 8.78 Å². The molecule has 1 aliphatic carbocycles. The molecular weight excluding hydrogens is 815 g/mol. The van der Waals surface area contributed by atoms with Crippen LogP contribution in [0.25, 0.3) is 11.3 Å². The van der Waals surface area contributed by atoms with Crippen LogP contribution < -0.4 is 22.1 Å². The average molecular weight is 869 g/mol. The Kier molecular flexibility index (Phi) is 15.8. The van der Waals surface area contributed by atoms with E-state index in [1.165, 1.54) is 4.90 Å². The Hall–Kier alpha value is -5.24. The number of carbonyl (C=O) groups excluding carboxylic acids is 5. The number of imide groups is 1. The van der Waals surface area contributed by atoms with Crippen molar-refractivity contribution in [3.63, 3.8) is 0 Å². The molecule has 5 amide bonds. The molecule has 1 saturated carbocycles. The number of nitrogens with two attached hydrogens (primary N) is 2. The number of carboxylic acids is 1. The number of carboxylic acid groups (broad SMARTS) is 1. The summed E-state index contributed by atoms with van der Waals surface area (Å²) in [5.41, 5.74) is 12.1. The first-order valence-corrected chi connectivity index (χ1v) is 21.2. The fourth-order valence-corrected chi connectivity index (χ4v) is 8.85. The highest BCUT2D eigenvalue weighted by atomic mass is 32.2. The molecule has 0 radical (unpaired) electrons. The topological polar surface area (TPSA) is 243 Å². The van der Waals surface area contributed by atoms with Crippen LogP contribution >= 0.6 is 11.8 Å². The van der Waals surface area contributed by atoms with Gasteiger partial charge in [0.05, 0.1) is 28.9 Å². The van der Waals surface area contributed by atoms with Gasteiger partial charge in [0.15, 0.2) is 0 Å². The lowest BCUT2D eigenvalue weighted by molar-refractivity contribution is -0.140. The van der Waals surface area contributed by atoms with E-state index in [2.05, 4.69) is 10.6 Å². The van der Waals surface area contributed by atoms with Crippen LogP contribution in [0.5, 0.6) is 0 Å². The van der Waals surface area contributed by atoms with E-state index in [9.17, 15) is 38.3 Å². The quantitative estimate of drug-likeness (QED) is 0.0951. The Labute approximate surface area is 356 Å². The summed E-state index contributed by atoms with van der Waals surface area (Å²) in [6, 6.07) is 8.73. The van der Waals surface area contributed by atoms with Gasteiger partial charge in [0, 0.05) is 56.2 Å². The number of thioether (sulfide) groups is 1. The highest BCUT2D eigenvalue weighted by Crippen LogP contribution is 2.40. The van der Waals surface area contributed by atoms with E-state index in [1.807, 2.05) is 51.1 Å². The molecule has 16 nitrogen and oxygen atoms in total. The number of imidazole rings is 1. The lowest BCUT2D eigenvalue weighted by Crippen LogP contribution is -2.51. The number of hydrogen-bond donors (Lipinski definition) is 6. The third-order valence-corrected chi connectivity index (χ3v) is 12.2. The number of aliphatic hydroxyl groups excluding tert-OH is 1. The van der Waals surface area contributed by atoms with Crippen molar-refractivity contribution in [1.82, 2.24) is 30.0 Å². The van der Waals surface area contributed by atoms with Crippen LogP contribution in [0.1, 0.15) is 70.3 Å².